The Labute approximate surface area is 175 Å². The summed E-state index contributed by atoms with van der Waals surface area (Å²) < 4.78 is 5.21. The lowest BCUT2D eigenvalue weighted by Crippen LogP contribution is -2.52. The largest absolute Gasteiger partial charge is 0.497 e. The Morgan fingerprint density at radius 2 is 1.62 bits per heavy atom. The van der Waals surface area contributed by atoms with Gasteiger partial charge >= 0.3 is 0 Å². The van der Waals surface area contributed by atoms with Crippen molar-refractivity contribution in [1.82, 2.24) is 4.90 Å². The number of benzene rings is 2. The van der Waals surface area contributed by atoms with Crippen LogP contribution in [0, 0.1) is 6.92 Å². The zero-order chi connectivity index (χ0) is 20.5. The number of amides is 2. The highest BCUT2D eigenvalue weighted by Gasteiger charge is 2.43. The third kappa shape index (κ3) is 3.82. The molecule has 152 valence electrons. The van der Waals surface area contributed by atoms with Gasteiger partial charge in [-0.1, -0.05) is 17.7 Å². The number of piperazine rings is 1. The molecule has 0 aromatic heterocycles. The summed E-state index contributed by atoms with van der Waals surface area (Å²) >= 11 is 6.19. The molecule has 2 aliphatic heterocycles. The standard InChI is InChI=1S/C22H24ClN3O3/c1-15-3-4-17(13-19(15)23)26-21(27)14-20(22(26)28)25-11-9-24(10-12-25)16-5-7-18(29-2)8-6-16/h3-8,13,20H,9-12,14H2,1-2H3/t20-/m1/s1. The molecule has 29 heavy (non-hydrogen) atoms. The van der Waals surface area contributed by atoms with E-state index in [4.69, 9.17) is 16.3 Å². The quantitative estimate of drug-likeness (QED) is 0.721. The SMILES string of the molecule is COc1ccc(N2CCN([C@@H]3CC(=O)N(c4ccc(C)c(Cl)c4)C3=O)CC2)cc1. The van der Waals surface area contributed by atoms with Crippen LogP contribution in [0.25, 0.3) is 0 Å². The summed E-state index contributed by atoms with van der Waals surface area (Å²) in [6.45, 7) is 4.97. The number of ether oxygens (including phenoxy) is 1. The highest BCUT2D eigenvalue weighted by Crippen LogP contribution is 2.30. The summed E-state index contributed by atoms with van der Waals surface area (Å²) in [4.78, 5) is 31.3. The van der Waals surface area contributed by atoms with Crippen LogP contribution in [-0.4, -0.2) is 56.0 Å². The van der Waals surface area contributed by atoms with Crippen LogP contribution < -0.4 is 14.5 Å². The van der Waals surface area contributed by atoms with E-state index in [1.54, 1.807) is 19.2 Å². The number of methoxy groups -OCH3 is 1. The zero-order valence-corrected chi connectivity index (χ0v) is 17.4. The summed E-state index contributed by atoms with van der Waals surface area (Å²) in [5, 5.41) is 0.555. The third-order valence-electron chi connectivity index (χ3n) is 5.73. The van der Waals surface area contributed by atoms with Crippen LogP contribution in [0.1, 0.15) is 12.0 Å². The molecule has 2 heterocycles. The minimum atomic E-state index is -0.402. The Balaban J connectivity index is 1.42. The predicted octanol–water partition coefficient (Wildman–Crippen LogP) is 3.11. The van der Waals surface area contributed by atoms with Crippen molar-refractivity contribution < 1.29 is 14.3 Å². The smallest absolute Gasteiger partial charge is 0.251 e. The Morgan fingerprint density at radius 1 is 0.966 bits per heavy atom. The van der Waals surface area contributed by atoms with Crippen molar-refractivity contribution in [2.24, 2.45) is 0 Å². The van der Waals surface area contributed by atoms with E-state index in [0.717, 1.165) is 43.2 Å². The second-order valence-corrected chi connectivity index (χ2v) is 7.85. The summed E-state index contributed by atoms with van der Waals surface area (Å²) in [5.74, 6) is 0.504. The molecule has 2 amide bonds. The van der Waals surface area contributed by atoms with Gasteiger partial charge in [0.15, 0.2) is 0 Å². The van der Waals surface area contributed by atoms with E-state index in [0.29, 0.717) is 10.7 Å². The molecule has 6 nitrogen and oxygen atoms in total. The van der Waals surface area contributed by atoms with Crippen LogP contribution in [0.2, 0.25) is 5.02 Å². The van der Waals surface area contributed by atoms with E-state index in [1.165, 1.54) is 4.90 Å². The summed E-state index contributed by atoms with van der Waals surface area (Å²) in [5.41, 5.74) is 2.60. The van der Waals surface area contributed by atoms with Crippen LogP contribution in [0.4, 0.5) is 11.4 Å². The third-order valence-corrected chi connectivity index (χ3v) is 6.14. The molecule has 0 saturated carbocycles. The molecule has 0 bridgehead atoms. The first-order valence-electron chi connectivity index (χ1n) is 9.74. The molecular weight excluding hydrogens is 390 g/mol. The van der Waals surface area contributed by atoms with Gasteiger partial charge in [0.2, 0.25) is 5.91 Å². The van der Waals surface area contributed by atoms with Gasteiger partial charge in [0.25, 0.3) is 5.91 Å². The monoisotopic (exact) mass is 413 g/mol. The average Bonchev–Trinajstić information content (AvgIpc) is 3.04. The number of imide groups is 1. The van der Waals surface area contributed by atoms with E-state index in [-0.39, 0.29) is 18.2 Å². The van der Waals surface area contributed by atoms with E-state index in [9.17, 15) is 9.59 Å². The predicted molar refractivity (Wildman–Crippen MR) is 114 cm³/mol. The number of hydrogen-bond acceptors (Lipinski definition) is 5. The van der Waals surface area contributed by atoms with Crippen LogP contribution in [0.15, 0.2) is 42.5 Å². The number of nitrogens with zero attached hydrogens (tertiary/aromatic N) is 3. The van der Waals surface area contributed by atoms with Crippen molar-refractivity contribution in [3.63, 3.8) is 0 Å². The fourth-order valence-electron chi connectivity index (χ4n) is 3.98. The Hall–Kier alpha value is -2.57. The Bertz CT molecular complexity index is 923. The maximum absolute atomic E-state index is 13.0. The first-order chi connectivity index (χ1) is 14.0. The van der Waals surface area contributed by atoms with Crippen LogP contribution in [0.5, 0.6) is 5.75 Å². The highest BCUT2D eigenvalue weighted by molar-refractivity contribution is 6.32. The molecule has 1 atom stereocenters. The number of hydrogen-bond donors (Lipinski definition) is 0. The number of carbonyl (C=O) groups excluding carboxylic acids is 2. The zero-order valence-electron chi connectivity index (χ0n) is 16.6. The number of rotatable bonds is 4. The van der Waals surface area contributed by atoms with Crippen molar-refractivity contribution in [3.8, 4) is 5.75 Å². The summed E-state index contributed by atoms with van der Waals surface area (Å²) in [6.07, 6.45) is 0.215. The lowest BCUT2D eigenvalue weighted by molar-refractivity contribution is -0.123. The number of halogens is 1. The first kappa shape index (κ1) is 19.7. The van der Waals surface area contributed by atoms with Gasteiger partial charge in [0.05, 0.1) is 25.3 Å². The molecule has 0 unspecified atom stereocenters. The minimum absolute atomic E-state index is 0.159. The number of aryl methyl sites for hydroxylation is 1. The van der Waals surface area contributed by atoms with Gasteiger partial charge < -0.3 is 9.64 Å². The van der Waals surface area contributed by atoms with Crippen LogP contribution in [-0.2, 0) is 9.59 Å². The van der Waals surface area contributed by atoms with E-state index >= 15 is 0 Å². The van der Waals surface area contributed by atoms with E-state index < -0.39 is 6.04 Å². The highest BCUT2D eigenvalue weighted by atomic mass is 35.5. The van der Waals surface area contributed by atoms with Gasteiger partial charge in [-0.25, -0.2) is 4.90 Å². The van der Waals surface area contributed by atoms with Crippen molar-refractivity contribution in [2.75, 3.05) is 43.1 Å². The number of anilines is 2. The van der Waals surface area contributed by atoms with Crippen molar-refractivity contribution in [2.45, 2.75) is 19.4 Å². The van der Waals surface area contributed by atoms with Gasteiger partial charge in [-0.15, -0.1) is 0 Å². The van der Waals surface area contributed by atoms with Crippen LogP contribution >= 0.6 is 11.6 Å². The molecule has 0 radical (unpaired) electrons. The molecule has 2 fully saturated rings. The van der Waals surface area contributed by atoms with Gasteiger partial charge in [0.1, 0.15) is 5.75 Å². The van der Waals surface area contributed by atoms with Crippen molar-refractivity contribution in [3.05, 3.63) is 53.1 Å². The second kappa shape index (κ2) is 8.05. The van der Waals surface area contributed by atoms with E-state index in [2.05, 4.69) is 9.80 Å². The maximum Gasteiger partial charge on any atom is 0.251 e. The van der Waals surface area contributed by atoms with Crippen molar-refractivity contribution in [1.29, 1.82) is 0 Å². The topological polar surface area (TPSA) is 53.1 Å². The molecule has 7 heteroatoms. The minimum Gasteiger partial charge on any atom is -0.497 e. The van der Waals surface area contributed by atoms with E-state index in [1.807, 2.05) is 37.3 Å². The molecule has 2 aromatic rings. The van der Waals surface area contributed by atoms with Crippen LogP contribution in [0.3, 0.4) is 0 Å². The average molecular weight is 414 g/mol. The summed E-state index contributed by atoms with van der Waals surface area (Å²) in [6, 6.07) is 12.9. The molecule has 2 aliphatic rings. The maximum atomic E-state index is 13.0. The fourth-order valence-corrected chi connectivity index (χ4v) is 4.15. The molecule has 0 N–H and O–H groups in total. The molecule has 4 rings (SSSR count). The molecule has 0 aliphatic carbocycles. The summed E-state index contributed by atoms with van der Waals surface area (Å²) in [7, 11) is 1.65. The molecule has 0 spiro atoms. The number of carbonyl (C=O) groups is 2. The van der Waals surface area contributed by atoms with Crippen molar-refractivity contribution >= 4 is 34.8 Å². The van der Waals surface area contributed by atoms with Gasteiger partial charge in [-0.05, 0) is 48.9 Å². The normalized spacial score (nSPS) is 20.4. The lowest BCUT2D eigenvalue weighted by atomic mass is 10.1. The second-order valence-electron chi connectivity index (χ2n) is 7.44. The van der Waals surface area contributed by atoms with Gasteiger partial charge in [-0.2, -0.15) is 0 Å². The molecule has 2 aromatic carbocycles. The first-order valence-corrected chi connectivity index (χ1v) is 10.1. The van der Waals surface area contributed by atoms with Gasteiger partial charge in [-0.3, -0.25) is 14.5 Å². The molecule has 2 saturated heterocycles. The van der Waals surface area contributed by atoms with Gasteiger partial charge in [0, 0.05) is 36.9 Å². The molecular formula is C22H24ClN3O3. The Morgan fingerprint density at radius 3 is 2.24 bits per heavy atom. The fraction of sp³-hybridized carbons (Fsp3) is 0.364. The lowest BCUT2D eigenvalue weighted by Gasteiger charge is -2.38. The Kier molecular flexibility index (Phi) is 5.48.